The summed E-state index contributed by atoms with van der Waals surface area (Å²) in [5.41, 5.74) is 3.22. The summed E-state index contributed by atoms with van der Waals surface area (Å²) in [5, 5.41) is 8.49. The van der Waals surface area contributed by atoms with Crippen molar-refractivity contribution in [2.45, 2.75) is 70.2 Å². The molecule has 6 aromatic rings. The molecule has 4 amide bonds. The first-order valence-corrected chi connectivity index (χ1v) is 21.5. The molecule has 12 heteroatoms. The van der Waals surface area contributed by atoms with Crippen LogP contribution in [0.4, 0.5) is 9.59 Å². The van der Waals surface area contributed by atoms with Gasteiger partial charge in [0.25, 0.3) is 0 Å². The van der Waals surface area contributed by atoms with Crippen molar-refractivity contribution < 1.29 is 28.7 Å². The van der Waals surface area contributed by atoms with Crippen LogP contribution in [0.1, 0.15) is 68.1 Å². The van der Waals surface area contributed by atoms with Gasteiger partial charge >= 0.3 is 12.2 Å². The summed E-state index contributed by atoms with van der Waals surface area (Å²) in [6.07, 6.45) is 2.07. The Bertz CT molecular complexity index is 2320. The van der Waals surface area contributed by atoms with E-state index in [4.69, 9.17) is 14.5 Å². The highest BCUT2D eigenvalue weighted by molar-refractivity contribution is 5.90. The number of hydrogen-bond acceptors (Lipinski definition) is 7. The molecule has 12 nitrogen and oxygen atoms in total. The Morgan fingerprint density at radius 1 is 0.656 bits per heavy atom. The Hall–Kier alpha value is -7.21. The van der Waals surface area contributed by atoms with Gasteiger partial charge in [0.2, 0.25) is 11.8 Å². The van der Waals surface area contributed by atoms with E-state index in [1.807, 2.05) is 140 Å². The van der Waals surface area contributed by atoms with Gasteiger partial charge in [-0.3, -0.25) is 9.59 Å². The van der Waals surface area contributed by atoms with Crippen molar-refractivity contribution in [2.24, 2.45) is 0 Å². The minimum absolute atomic E-state index is 0.0287. The Labute approximate surface area is 376 Å². The van der Waals surface area contributed by atoms with Crippen molar-refractivity contribution in [1.29, 1.82) is 0 Å². The molecule has 0 fully saturated rings. The quantitative estimate of drug-likeness (QED) is 0.0744. The highest BCUT2D eigenvalue weighted by atomic mass is 16.6. The largest absolute Gasteiger partial charge is 0.445 e. The number of benzene rings is 5. The average Bonchev–Trinajstić information content (AvgIpc) is 3.76. The molecule has 0 bridgehead atoms. The van der Waals surface area contributed by atoms with Gasteiger partial charge in [-0.1, -0.05) is 166 Å². The summed E-state index contributed by atoms with van der Waals surface area (Å²) >= 11 is 0. The smallest absolute Gasteiger partial charge is 0.408 e. The summed E-state index contributed by atoms with van der Waals surface area (Å²) in [7, 11) is 0. The van der Waals surface area contributed by atoms with Crippen molar-refractivity contribution in [2.75, 3.05) is 26.2 Å². The first-order chi connectivity index (χ1) is 30.7. The summed E-state index contributed by atoms with van der Waals surface area (Å²) in [4.78, 5) is 61.1. The third-order valence-corrected chi connectivity index (χ3v) is 10.8. The van der Waals surface area contributed by atoms with Crippen LogP contribution < -0.4 is 16.0 Å². The van der Waals surface area contributed by atoms with Crippen molar-refractivity contribution in [3.05, 3.63) is 198 Å². The van der Waals surface area contributed by atoms with Gasteiger partial charge in [-0.05, 0) is 48.6 Å². The molecule has 1 heterocycles. The fourth-order valence-corrected chi connectivity index (χ4v) is 7.59. The molecule has 1 atom stereocenters. The first kappa shape index (κ1) is 46.3. The number of carbonyl (C=O) groups excluding carboxylic acids is 4. The number of rotatable bonds is 18. The van der Waals surface area contributed by atoms with Gasteiger partial charge in [0.1, 0.15) is 23.8 Å². The predicted molar refractivity (Wildman–Crippen MR) is 247 cm³/mol. The first-order valence-electron chi connectivity index (χ1n) is 21.5. The van der Waals surface area contributed by atoms with Gasteiger partial charge in [0, 0.05) is 37.7 Å². The summed E-state index contributed by atoms with van der Waals surface area (Å²) < 4.78 is 13.1. The van der Waals surface area contributed by atoms with Crippen LogP contribution >= 0.6 is 0 Å². The standard InChI is InChI=1S/C52H58N6O6/c1-50(2,3)64-48(61)53-31-32-57(35-46(59)54-37-51(4,5)40-23-13-7-14-24-40)47(60)45(56-49(62)63-36-39-21-11-6-12-22-39)33-44-34-58(38-55-44)52(41-25-15-8-16-26-41,42-27-17-9-18-28-42)43-29-19-10-20-30-43/h6-30,34,38,45H,31-33,35-37H2,1-5H3,(H,53,61)(H,54,59)(H,56,62)/t45-/m0/s1. The summed E-state index contributed by atoms with van der Waals surface area (Å²) in [6, 6.07) is 48.2. The van der Waals surface area contributed by atoms with Gasteiger partial charge in [-0.2, -0.15) is 0 Å². The van der Waals surface area contributed by atoms with Crippen LogP contribution in [-0.2, 0) is 43.0 Å². The van der Waals surface area contributed by atoms with Crippen LogP contribution in [0.3, 0.4) is 0 Å². The molecular formula is C52H58N6O6. The van der Waals surface area contributed by atoms with Crippen molar-refractivity contribution in [3.63, 3.8) is 0 Å². The molecule has 0 saturated heterocycles. The molecule has 64 heavy (non-hydrogen) atoms. The number of alkyl carbamates (subject to hydrolysis) is 2. The van der Waals surface area contributed by atoms with Crippen LogP contribution in [0.15, 0.2) is 164 Å². The Balaban J connectivity index is 1.33. The highest BCUT2D eigenvalue weighted by Gasteiger charge is 2.39. The second kappa shape index (κ2) is 21.2. The fourth-order valence-electron chi connectivity index (χ4n) is 7.59. The molecule has 0 radical (unpaired) electrons. The molecule has 0 spiro atoms. The molecular weight excluding hydrogens is 805 g/mol. The van der Waals surface area contributed by atoms with Crippen LogP contribution in [0, 0.1) is 0 Å². The van der Waals surface area contributed by atoms with Gasteiger partial charge in [0.15, 0.2) is 0 Å². The second-order valence-corrected chi connectivity index (χ2v) is 17.3. The zero-order valence-corrected chi connectivity index (χ0v) is 37.2. The predicted octanol–water partition coefficient (Wildman–Crippen LogP) is 8.01. The molecule has 5 aromatic carbocycles. The molecule has 6 rings (SSSR count). The zero-order valence-electron chi connectivity index (χ0n) is 37.2. The van der Waals surface area contributed by atoms with Crippen molar-refractivity contribution >= 4 is 24.0 Å². The lowest BCUT2D eigenvalue weighted by Gasteiger charge is -2.37. The number of amides is 4. The monoisotopic (exact) mass is 862 g/mol. The average molecular weight is 863 g/mol. The maximum absolute atomic E-state index is 14.9. The van der Waals surface area contributed by atoms with E-state index in [1.165, 1.54) is 4.90 Å². The van der Waals surface area contributed by atoms with Gasteiger partial charge in [0.05, 0.1) is 18.6 Å². The normalized spacial score (nSPS) is 12.1. The van der Waals surface area contributed by atoms with E-state index in [1.54, 1.807) is 27.1 Å². The fraction of sp³-hybridized carbons (Fsp3) is 0.288. The van der Waals surface area contributed by atoms with Gasteiger partial charge in [-0.15, -0.1) is 0 Å². The minimum Gasteiger partial charge on any atom is -0.445 e. The van der Waals surface area contributed by atoms with E-state index in [0.29, 0.717) is 12.2 Å². The number of nitrogens with one attached hydrogen (secondary N) is 3. The van der Waals surface area contributed by atoms with Crippen molar-refractivity contribution in [1.82, 2.24) is 30.4 Å². The van der Waals surface area contributed by atoms with Gasteiger partial charge in [-0.25, -0.2) is 14.6 Å². The lowest BCUT2D eigenvalue weighted by Crippen LogP contribution is -2.54. The second-order valence-electron chi connectivity index (χ2n) is 17.3. The van der Waals surface area contributed by atoms with E-state index in [-0.39, 0.29) is 32.7 Å². The van der Waals surface area contributed by atoms with Crippen LogP contribution in [0.25, 0.3) is 0 Å². The number of hydrogen-bond donors (Lipinski definition) is 3. The SMILES string of the molecule is CC(C)(C)OC(=O)NCCN(CC(=O)NCC(C)(C)c1ccccc1)C(=O)[C@H](Cc1cn(C(c2ccccc2)(c2ccccc2)c2ccccc2)cn1)NC(=O)OCc1ccccc1. The Kier molecular flexibility index (Phi) is 15.4. The number of nitrogens with zero attached hydrogens (tertiary/aromatic N) is 3. The van der Waals surface area contributed by atoms with Gasteiger partial charge < -0.3 is 34.9 Å². The summed E-state index contributed by atoms with van der Waals surface area (Å²) in [5.74, 6) is -0.988. The molecule has 0 saturated carbocycles. The Morgan fingerprint density at radius 3 is 1.67 bits per heavy atom. The zero-order chi connectivity index (χ0) is 45.6. The van der Waals surface area contributed by atoms with Crippen LogP contribution in [0.5, 0.6) is 0 Å². The maximum atomic E-state index is 14.9. The third-order valence-electron chi connectivity index (χ3n) is 10.8. The molecule has 3 N–H and O–H groups in total. The molecule has 0 aliphatic heterocycles. The van der Waals surface area contributed by atoms with E-state index >= 15 is 0 Å². The summed E-state index contributed by atoms with van der Waals surface area (Å²) in [6.45, 7) is 9.12. The Morgan fingerprint density at radius 2 is 1.16 bits per heavy atom. The lowest BCUT2D eigenvalue weighted by atomic mass is 9.77. The molecule has 0 aliphatic carbocycles. The lowest BCUT2D eigenvalue weighted by molar-refractivity contribution is -0.137. The molecule has 332 valence electrons. The number of aromatic nitrogens is 2. The molecule has 0 unspecified atom stereocenters. The topological polar surface area (TPSA) is 144 Å². The van der Waals surface area contributed by atoms with E-state index < -0.39 is 46.6 Å². The molecule has 0 aliphatic rings. The van der Waals surface area contributed by atoms with Crippen LogP contribution in [0.2, 0.25) is 0 Å². The van der Waals surface area contributed by atoms with Crippen molar-refractivity contribution in [3.8, 4) is 0 Å². The number of carbonyl (C=O) groups is 4. The highest BCUT2D eigenvalue weighted by Crippen LogP contribution is 2.41. The maximum Gasteiger partial charge on any atom is 0.408 e. The van der Waals surface area contributed by atoms with E-state index in [0.717, 1.165) is 27.8 Å². The molecule has 1 aromatic heterocycles. The minimum atomic E-state index is -1.23. The third kappa shape index (κ3) is 12.2. The van der Waals surface area contributed by atoms with Crippen LogP contribution in [-0.4, -0.2) is 76.3 Å². The van der Waals surface area contributed by atoms with E-state index in [9.17, 15) is 19.2 Å². The number of imidazole rings is 1. The van der Waals surface area contributed by atoms with E-state index in [2.05, 4.69) is 52.3 Å². The number of ether oxygens (including phenoxy) is 2.